The molecule has 0 bridgehead atoms. The van der Waals surface area contributed by atoms with Gasteiger partial charge in [0.25, 0.3) is 0 Å². The molecule has 0 aliphatic carbocycles. The average molecular weight is 470 g/mol. The molecule has 34 heavy (non-hydrogen) atoms. The van der Waals surface area contributed by atoms with Crippen molar-refractivity contribution in [1.82, 2.24) is 14.8 Å². The number of hydrogen-bond donors (Lipinski definition) is 2. The van der Waals surface area contributed by atoms with Gasteiger partial charge in [-0.1, -0.05) is 72.4 Å². The SMILES string of the molecule is Cn1c(SCC(=O)Nc2ccccc2)nnc1-c1cccc(NC(=O)/C=C/c2ccccc2)c1. The average Bonchev–Trinajstić information content (AvgIpc) is 3.23. The zero-order valence-electron chi connectivity index (χ0n) is 18.5. The minimum absolute atomic E-state index is 0.117. The van der Waals surface area contributed by atoms with Crippen LogP contribution in [0.15, 0.2) is 96.2 Å². The highest BCUT2D eigenvalue weighted by molar-refractivity contribution is 7.99. The van der Waals surface area contributed by atoms with Crippen LogP contribution in [0.4, 0.5) is 11.4 Å². The van der Waals surface area contributed by atoms with E-state index in [0.717, 1.165) is 16.8 Å². The van der Waals surface area contributed by atoms with Gasteiger partial charge in [0.05, 0.1) is 5.75 Å². The molecular formula is C26H23N5O2S. The Morgan fingerprint density at radius 3 is 2.35 bits per heavy atom. The summed E-state index contributed by atoms with van der Waals surface area (Å²) in [4.78, 5) is 24.5. The number of para-hydroxylation sites is 1. The molecule has 0 atom stereocenters. The lowest BCUT2D eigenvalue weighted by Gasteiger charge is -2.07. The standard InChI is InChI=1S/C26H23N5O2S/c1-31-25(29-30-26(31)34-18-24(33)27-21-12-6-3-7-13-21)20-11-8-14-22(17-20)28-23(32)16-15-19-9-4-2-5-10-19/h2-17H,18H2,1H3,(H,27,33)(H,28,32)/b16-15+. The number of aromatic nitrogens is 3. The van der Waals surface area contributed by atoms with Gasteiger partial charge in [0.2, 0.25) is 11.8 Å². The fourth-order valence-electron chi connectivity index (χ4n) is 3.20. The molecular weight excluding hydrogens is 446 g/mol. The van der Waals surface area contributed by atoms with Crippen molar-refractivity contribution in [3.8, 4) is 11.4 Å². The Morgan fingerprint density at radius 2 is 1.59 bits per heavy atom. The Labute approximate surface area is 201 Å². The van der Waals surface area contributed by atoms with E-state index in [1.54, 1.807) is 6.08 Å². The summed E-state index contributed by atoms with van der Waals surface area (Å²) < 4.78 is 1.83. The van der Waals surface area contributed by atoms with Crippen LogP contribution < -0.4 is 10.6 Å². The van der Waals surface area contributed by atoms with Gasteiger partial charge < -0.3 is 15.2 Å². The summed E-state index contributed by atoms with van der Waals surface area (Å²) in [5.41, 5.74) is 3.16. The van der Waals surface area contributed by atoms with E-state index >= 15 is 0 Å². The minimum atomic E-state index is -0.223. The van der Waals surface area contributed by atoms with Crippen molar-refractivity contribution in [2.24, 2.45) is 7.05 Å². The molecule has 4 rings (SSSR count). The number of carbonyl (C=O) groups is 2. The Kier molecular flexibility index (Phi) is 7.52. The molecule has 2 amide bonds. The number of rotatable bonds is 8. The van der Waals surface area contributed by atoms with Crippen LogP contribution in [0.3, 0.4) is 0 Å². The number of nitrogens with zero attached hydrogens (tertiary/aromatic N) is 3. The van der Waals surface area contributed by atoms with Crippen molar-refractivity contribution < 1.29 is 9.59 Å². The van der Waals surface area contributed by atoms with Crippen LogP contribution in [0, 0.1) is 0 Å². The molecule has 7 nitrogen and oxygen atoms in total. The van der Waals surface area contributed by atoms with Gasteiger partial charge in [-0.3, -0.25) is 9.59 Å². The lowest BCUT2D eigenvalue weighted by atomic mass is 10.2. The van der Waals surface area contributed by atoms with Crippen molar-refractivity contribution in [1.29, 1.82) is 0 Å². The molecule has 8 heteroatoms. The predicted octanol–water partition coefficient (Wildman–Crippen LogP) is 4.86. The fourth-order valence-corrected chi connectivity index (χ4v) is 3.91. The highest BCUT2D eigenvalue weighted by atomic mass is 32.2. The number of carbonyl (C=O) groups excluding carboxylic acids is 2. The Bertz CT molecular complexity index is 1300. The third kappa shape index (κ3) is 6.20. The first-order valence-electron chi connectivity index (χ1n) is 10.6. The molecule has 170 valence electrons. The molecule has 0 aliphatic rings. The van der Waals surface area contributed by atoms with Gasteiger partial charge in [0.1, 0.15) is 0 Å². The molecule has 0 saturated heterocycles. The van der Waals surface area contributed by atoms with Gasteiger partial charge in [0.15, 0.2) is 11.0 Å². The van der Waals surface area contributed by atoms with Crippen LogP contribution in [0.5, 0.6) is 0 Å². The van der Waals surface area contributed by atoms with Crippen molar-refractivity contribution in [2.45, 2.75) is 5.16 Å². The maximum absolute atomic E-state index is 12.3. The van der Waals surface area contributed by atoms with E-state index < -0.39 is 0 Å². The zero-order chi connectivity index (χ0) is 23.8. The summed E-state index contributed by atoms with van der Waals surface area (Å²) in [6.45, 7) is 0. The van der Waals surface area contributed by atoms with Crippen molar-refractivity contribution in [3.05, 3.63) is 96.6 Å². The second-order valence-electron chi connectivity index (χ2n) is 7.38. The van der Waals surface area contributed by atoms with E-state index in [4.69, 9.17) is 0 Å². The van der Waals surface area contributed by atoms with E-state index in [2.05, 4.69) is 20.8 Å². The third-order valence-corrected chi connectivity index (χ3v) is 5.86. The highest BCUT2D eigenvalue weighted by Gasteiger charge is 2.14. The largest absolute Gasteiger partial charge is 0.325 e. The van der Waals surface area contributed by atoms with Crippen molar-refractivity contribution in [3.63, 3.8) is 0 Å². The normalized spacial score (nSPS) is 10.9. The Morgan fingerprint density at radius 1 is 0.882 bits per heavy atom. The second kappa shape index (κ2) is 11.1. The summed E-state index contributed by atoms with van der Waals surface area (Å²) in [5, 5.41) is 14.8. The molecule has 0 aliphatic heterocycles. The first-order chi connectivity index (χ1) is 16.6. The first kappa shape index (κ1) is 23.0. The molecule has 0 saturated carbocycles. The second-order valence-corrected chi connectivity index (χ2v) is 8.32. The van der Waals surface area contributed by atoms with Crippen LogP contribution in [0.2, 0.25) is 0 Å². The zero-order valence-corrected chi connectivity index (χ0v) is 19.3. The molecule has 2 N–H and O–H groups in total. The smallest absolute Gasteiger partial charge is 0.248 e. The van der Waals surface area contributed by atoms with Gasteiger partial charge in [-0.25, -0.2) is 0 Å². The number of anilines is 2. The Balaban J connectivity index is 1.38. The van der Waals surface area contributed by atoms with Gasteiger partial charge >= 0.3 is 0 Å². The molecule has 1 heterocycles. The minimum Gasteiger partial charge on any atom is -0.325 e. The van der Waals surface area contributed by atoms with Crippen LogP contribution in [-0.2, 0) is 16.6 Å². The van der Waals surface area contributed by atoms with Gasteiger partial charge in [0, 0.05) is 30.1 Å². The number of hydrogen-bond acceptors (Lipinski definition) is 5. The lowest BCUT2D eigenvalue weighted by molar-refractivity contribution is -0.114. The molecule has 0 spiro atoms. The number of benzene rings is 3. The quantitative estimate of drug-likeness (QED) is 0.284. The van der Waals surface area contributed by atoms with E-state index in [9.17, 15) is 9.59 Å². The van der Waals surface area contributed by atoms with E-state index in [1.165, 1.54) is 17.8 Å². The molecule has 3 aromatic carbocycles. The highest BCUT2D eigenvalue weighted by Crippen LogP contribution is 2.25. The van der Waals surface area contributed by atoms with Crippen LogP contribution in [0.1, 0.15) is 5.56 Å². The van der Waals surface area contributed by atoms with Crippen molar-refractivity contribution in [2.75, 3.05) is 16.4 Å². The van der Waals surface area contributed by atoms with E-state index in [1.807, 2.05) is 96.5 Å². The molecule has 0 radical (unpaired) electrons. The van der Waals surface area contributed by atoms with E-state index in [-0.39, 0.29) is 17.6 Å². The molecule has 0 unspecified atom stereocenters. The topological polar surface area (TPSA) is 88.9 Å². The summed E-state index contributed by atoms with van der Waals surface area (Å²) in [6.07, 6.45) is 3.26. The van der Waals surface area contributed by atoms with Crippen LogP contribution >= 0.6 is 11.8 Å². The molecule has 1 aromatic heterocycles. The first-order valence-corrected chi connectivity index (χ1v) is 11.6. The summed E-state index contributed by atoms with van der Waals surface area (Å²) in [7, 11) is 1.85. The summed E-state index contributed by atoms with van der Waals surface area (Å²) in [5.74, 6) is 0.514. The lowest BCUT2D eigenvalue weighted by Crippen LogP contribution is -2.14. The fraction of sp³-hybridized carbons (Fsp3) is 0.0769. The number of thioether (sulfide) groups is 1. The maximum Gasteiger partial charge on any atom is 0.248 e. The Hall–Kier alpha value is -4.17. The van der Waals surface area contributed by atoms with Gasteiger partial charge in [-0.15, -0.1) is 10.2 Å². The van der Waals surface area contributed by atoms with Crippen LogP contribution in [-0.4, -0.2) is 32.3 Å². The molecule has 0 fully saturated rings. The summed E-state index contributed by atoms with van der Waals surface area (Å²) >= 11 is 1.31. The number of nitrogens with one attached hydrogen (secondary N) is 2. The maximum atomic E-state index is 12.3. The van der Waals surface area contributed by atoms with Crippen LogP contribution in [0.25, 0.3) is 17.5 Å². The van der Waals surface area contributed by atoms with Gasteiger partial charge in [-0.05, 0) is 35.9 Å². The van der Waals surface area contributed by atoms with Crippen molar-refractivity contribution >= 4 is 41.0 Å². The summed E-state index contributed by atoms with van der Waals surface area (Å²) in [6, 6.07) is 26.3. The third-order valence-electron chi connectivity index (χ3n) is 4.84. The predicted molar refractivity (Wildman–Crippen MR) is 136 cm³/mol. The molecule has 4 aromatic rings. The van der Waals surface area contributed by atoms with Gasteiger partial charge in [-0.2, -0.15) is 0 Å². The van der Waals surface area contributed by atoms with E-state index in [0.29, 0.717) is 16.7 Å². The monoisotopic (exact) mass is 469 g/mol. The number of amides is 2.